The molecule has 0 radical (unpaired) electrons. The highest BCUT2D eigenvalue weighted by Gasteiger charge is 2.29. The van der Waals surface area contributed by atoms with Crippen LogP contribution in [0.2, 0.25) is 0 Å². The van der Waals surface area contributed by atoms with Crippen LogP contribution >= 0.6 is 11.8 Å². The molecule has 82 valence electrons. The van der Waals surface area contributed by atoms with Crippen molar-refractivity contribution in [1.82, 2.24) is 5.32 Å². The molecule has 1 amide bonds. The number of thioether (sulfide) groups is 1. The number of hydrogen-bond donors (Lipinski definition) is 1. The molecule has 0 aromatic carbocycles. The van der Waals surface area contributed by atoms with Gasteiger partial charge in [0.25, 0.3) is 0 Å². The highest BCUT2D eigenvalue weighted by Crippen LogP contribution is 2.23. The van der Waals surface area contributed by atoms with Crippen molar-refractivity contribution < 1.29 is 18.0 Å². The molecule has 0 aromatic rings. The zero-order valence-electron chi connectivity index (χ0n) is 7.56. The van der Waals surface area contributed by atoms with Gasteiger partial charge < -0.3 is 5.32 Å². The second-order valence-corrected chi connectivity index (χ2v) is 4.44. The second kappa shape index (κ2) is 4.91. The summed E-state index contributed by atoms with van der Waals surface area (Å²) in [5, 5.41) is 1.92. The highest BCUT2D eigenvalue weighted by molar-refractivity contribution is 7.99. The van der Waals surface area contributed by atoms with Crippen molar-refractivity contribution in [1.29, 1.82) is 0 Å². The summed E-state index contributed by atoms with van der Waals surface area (Å²) in [6.45, 7) is -1.21. The molecule has 1 heterocycles. The number of carbonyl (C=O) groups is 1. The number of amides is 1. The fourth-order valence-electron chi connectivity index (χ4n) is 1.29. The van der Waals surface area contributed by atoms with E-state index in [9.17, 15) is 18.0 Å². The molecule has 0 aliphatic carbocycles. The average molecular weight is 227 g/mol. The summed E-state index contributed by atoms with van der Waals surface area (Å²) in [6.07, 6.45) is -2.93. The minimum Gasteiger partial charge on any atom is -0.347 e. The number of alkyl halides is 3. The SMILES string of the molecule is O=C(NCC(F)(F)F)C1CCSCC1. The predicted octanol–water partition coefficient (Wildman–Crippen LogP) is 1.81. The molecule has 0 unspecified atom stereocenters. The molecule has 1 N–H and O–H groups in total. The maximum atomic E-state index is 11.8. The van der Waals surface area contributed by atoms with Crippen LogP contribution in [0.1, 0.15) is 12.8 Å². The fraction of sp³-hybridized carbons (Fsp3) is 0.875. The Hall–Kier alpha value is -0.390. The van der Waals surface area contributed by atoms with Gasteiger partial charge in [-0.25, -0.2) is 0 Å². The third-order valence-electron chi connectivity index (χ3n) is 2.06. The van der Waals surface area contributed by atoms with Crippen molar-refractivity contribution in [2.75, 3.05) is 18.1 Å². The number of rotatable bonds is 2. The van der Waals surface area contributed by atoms with Gasteiger partial charge in [-0.2, -0.15) is 24.9 Å². The Morgan fingerprint density at radius 2 is 1.93 bits per heavy atom. The van der Waals surface area contributed by atoms with E-state index in [1.54, 1.807) is 11.8 Å². The van der Waals surface area contributed by atoms with E-state index in [1.165, 1.54) is 0 Å². The smallest absolute Gasteiger partial charge is 0.347 e. The monoisotopic (exact) mass is 227 g/mol. The van der Waals surface area contributed by atoms with E-state index in [-0.39, 0.29) is 5.92 Å². The van der Waals surface area contributed by atoms with Crippen LogP contribution in [0, 0.1) is 5.92 Å². The first-order chi connectivity index (χ1) is 6.49. The van der Waals surface area contributed by atoms with Gasteiger partial charge in [0.2, 0.25) is 5.91 Å². The van der Waals surface area contributed by atoms with Crippen molar-refractivity contribution in [3.8, 4) is 0 Å². The lowest BCUT2D eigenvalue weighted by Gasteiger charge is -2.20. The molecule has 0 bridgehead atoms. The summed E-state index contributed by atoms with van der Waals surface area (Å²) in [6, 6.07) is 0. The first-order valence-electron chi connectivity index (χ1n) is 4.41. The molecule has 1 fully saturated rings. The summed E-state index contributed by atoms with van der Waals surface area (Å²) < 4.78 is 35.3. The molecule has 2 nitrogen and oxygen atoms in total. The maximum absolute atomic E-state index is 11.8. The van der Waals surface area contributed by atoms with Crippen molar-refractivity contribution in [2.45, 2.75) is 19.0 Å². The van der Waals surface area contributed by atoms with Crippen molar-refractivity contribution >= 4 is 17.7 Å². The van der Waals surface area contributed by atoms with E-state index in [1.807, 2.05) is 5.32 Å². The van der Waals surface area contributed by atoms with E-state index >= 15 is 0 Å². The Bertz CT molecular complexity index is 201. The number of halogens is 3. The van der Waals surface area contributed by atoms with Crippen LogP contribution in [0.15, 0.2) is 0 Å². The van der Waals surface area contributed by atoms with E-state index in [4.69, 9.17) is 0 Å². The van der Waals surface area contributed by atoms with Gasteiger partial charge in [-0.3, -0.25) is 4.79 Å². The first-order valence-corrected chi connectivity index (χ1v) is 5.57. The lowest BCUT2D eigenvalue weighted by Crippen LogP contribution is -2.38. The summed E-state index contributed by atoms with van der Waals surface area (Å²) >= 11 is 1.74. The van der Waals surface area contributed by atoms with E-state index in [0.29, 0.717) is 12.8 Å². The number of hydrogen-bond acceptors (Lipinski definition) is 2. The van der Waals surface area contributed by atoms with Gasteiger partial charge in [0.05, 0.1) is 0 Å². The Kier molecular flexibility index (Phi) is 4.10. The molecule has 14 heavy (non-hydrogen) atoms. The lowest BCUT2D eigenvalue weighted by molar-refractivity contribution is -0.140. The van der Waals surface area contributed by atoms with Gasteiger partial charge in [-0.05, 0) is 24.3 Å². The van der Waals surface area contributed by atoms with E-state index in [0.717, 1.165) is 11.5 Å². The molecule has 0 atom stereocenters. The van der Waals surface area contributed by atoms with Gasteiger partial charge in [-0.1, -0.05) is 0 Å². The predicted molar refractivity (Wildman–Crippen MR) is 49.1 cm³/mol. The van der Waals surface area contributed by atoms with Gasteiger partial charge in [0.1, 0.15) is 6.54 Å². The normalized spacial score (nSPS) is 19.4. The van der Waals surface area contributed by atoms with Crippen LogP contribution in [-0.4, -0.2) is 30.1 Å². The quantitative estimate of drug-likeness (QED) is 0.779. The summed E-state index contributed by atoms with van der Waals surface area (Å²) in [7, 11) is 0. The van der Waals surface area contributed by atoms with Gasteiger partial charge >= 0.3 is 6.18 Å². The van der Waals surface area contributed by atoms with Crippen LogP contribution in [0.4, 0.5) is 13.2 Å². The van der Waals surface area contributed by atoms with Crippen LogP contribution < -0.4 is 5.32 Å². The van der Waals surface area contributed by atoms with E-state index in [2.05, 4.69) is 0 Å². The molecule has 1 rings (SSSR count). The summed E-state index contributed by atoms with van der Waals surface area (Å²) in [5.74, 6) is 1.05. The Labute approximate surface area is 84.6 Å². The molecule has 6 heteroatoms. The first kappa shape index (κ1) is 11.7. The number of carbonyl (C=O) groups excluding carboxylic acids is 1. The van der Waals surface area contributed by atoms with Crippen molar-refractivity contribution in [3.05, 3.63) is 0 Å². The van der Waals surface area contributed by atoms with Gasteiger partial charge in [0, 0.05) is 5.92 Å². The maximum Gasteiger partial charge on any atom is 0.405 e. The third-order valence-corrected chi connectivity index (χ3v) is 3.10. The van der Waals surface area contributed by atoms with Gasteiger partial charge in [0.15, 0.2) is 0 Å². The zero-order chi connectivity index (χ0) is 10.6. The molecule has 0 saturated carbocycles. The highest BCUT2D eigenvalue weighted by atomic mass is 32.2. The molecular formula is C8H12F3NOS. The van der Waals surface area contributed by atoms with Crippen molar-refractivity contribution in [2.24, 2.45) is 5.92 Å². The Morgan fingerprint density at radius 3 is 2.43 bits per heavy atom. The standard InChI is InChI=1S/C8H12F3NOS/c9-8(10,11)5-12-7(13)6-1-3-14-4-2-6/h6H,1-5H2,(H,12,13). The summed E-state index contributed by atoms with van der Waals surface area (Å²) in [4.78, 5) is 11.2. The summed E-state index contributed by atoms with van der Waals surface area (Å²) in [5.41, 5.74) is 0. The molecular weight excluding hydrogens is 215 g/mol. The second-order valence-electron chi connectivity index (χ2n) is 3.22. The van der Waals surface area contributed by atoms with Crippen molar-refractivity contribution in [3.63, 3.8) is 0 Å². The topological polar surface area (TPSA) is 29.1 Å². The zero-order valence-corrected chi connectivity index (χ0v) is 8.38. The lowest BCUT2D eigenvalue weighted by atomic mass is 10.0. The average Bonchev–Trinajstić information content (AvgIpc) is 2.14. The van der Waals surface area contributed by atoms with Gasteiger partial charge in [-0.15, -0.1) is 0 Å². The molecule has 0 aromatic heterocycles. The van der Waals surface area contributed by atoms with E-state index < -0.39 is 18.6 Å². The minimum atomic E-state index is -4.31. The van der Waals surface area contributed by atoms with Crippen LogP contribution in [-0.2, 0) is 4.79 Å². The Morgan fingerprint density at radius 1 is 1.36 bits per heavy atom. The molecule has 1 saturated heterocycles. The molecule has 1 aliphatic heterocycles. The molecule has 0 spiro atoms. The molecule has 1 aliphatic rings. The fourth-order valence-corrected chi connectivity index (χ4v) is 2.40. The van der Waals surface area contributed by atoms with Crippen LogP contribution in [0.5, 0.6) is 0 Å². The Balaban J connectivity index is 2.27. The van der Waals surface area contributed by atoms with Crippen LogP contribution in [0.3, 0.4) is 0 Å². The largest absolute Gasteiger partial charge is 0.405 e. The minimum absolute atomic E-state index is 0.224. The van der Waals surface area contributed by atoms with Crippen LogP contribution in [0.25, 0.3) is 0 Å². The number of nitrogens with one attached hydrogen (secondary N) is 1. The third kappa shape index (κ3) is 4.21.